The topological polar surface area (TPSA) is 55.4 Å². The molecule has 4 nitrogen and oxygen atoms in total. The van der Waals surface area contributed by atoms with Crippen LogP contribution in [-0.4, -0.2) is 22.6 Å². The van der Waals surface area contributed by atoms with E-state index in [0.717, 1.165) is 4.47 Å². The zero-order valence-electron chi connectivity index (χ0n) is 8.67. The fourth-order valence-electron chi connectivity index (χ4n) is 1.29. The van der Waals surface area contributed by atoms with Crippen molar-refractivity contribution in [1.29, 1.82) is 0 Å². The Labute approximate surface area is 97.8 Å². The minimum Gasteiger partial charge on any atom is -0.495 e. The summed E-state index contributed by atoms with van der Waals surface area (Å²) in [6, 6.07) is 3.18. The minimum absolute atomic E-state index is 0.227. The van der Waals surface area contributed by atoms with Crippen molar-refractivity contribution in [2.24, 2.45) is 0 Å². The fraction of sp³-hybridized carbons (Fsp3) is 0.333. The molecule has 0 amide bonds. The van der Waals surface area contributed by atoms with Crippen LogP contribution in [0.2, 0.25) is 0 Å². The molecule has 0 aliphatic carbocycles. The second-order valence-electron chi connectivity index (χ2n) is 2.91. The Morgan fingerprint density at radius 1 is 1.40 bits per heavy atom. The number of hydrogen-bond donors (Lipinski definition) is 1. The summed E-state index contributed by atoms with van der Waals surface area (Å²) in [5.74, 6) is 0.534. The van der Waals surface area contributed by atoms with E-state index >= 15 is 0 Å². The van der Waals surface area contributed by atoms with Crippen molar-refractivity contribution >= 4 is 26.0 Å². The van der Waals surface area contributed by atoms with Gasteiger partial charge in [-0.1, -0.05) is 0 Å². The molecule has 1 aromatic carbocycles. The molecule has 0 spiro atoms. The lowest BCUT2D eigenvalue weighted by Gasteiger charge is -2.11. The van der Waals surface area contributed by atoms with Crippen LogP contribution >= 0.6 is 15.9 Å². The average Bonchev–Trinajstić information content (AvgIpc) is 2.18. The van der Waals surface area contributed by atoms with Crippen molar-refractivity contribution in [3.8, 4) is 5.75 Å². The molecule has 0 unspecified atom stereocenters. The van der Waals surface area contributed by atoms with Gasteiger partial charge in [0.15, 0.2) is 0 Å². The molecule has 0 fully saturated rings. The number of sulfonamides is 1. The highest BCUT2D eigenvalue weighted by molar-refractivity contribution is 9.10. The summed E-state index contributed by atoms with van der Waals surface area (Å²) in [5, 5.41) is 0. The summed E-state index contributed by atoms with van der Waals surface area (Å²) < 4.78 is 31.4. The van der Waals surface area contributed by atoms with Crippen LogP contribution < -0.4 is 9.46 Å². The van der Waals surface area contributed by atoms with E-state index in [2.05, 4.69) is 20.7 Å². The van der Waals surface area contributed by atoms with Crippen molar-refractivity contribution in [3.63, 3.8) is 0 Å². The molecule has 0 bridgehead atoms. The molecule has 0 saturated heterocycles. The van der Waals surface area contributed by atoms with E-state index in [0.29, 0.717) is 11.3 Å². The van der Waals surface area contributed by atoms with Gasteiger partial charge in [-0.05, 0) is 42.0 Å². The largest absolute Gasteiger partial charge is 0.495 e. The van der Waals surface area contributed by atoms with E-state index in [4.69, 9.17) is 4.74 Å². The molecule has 0 radical (unpaired) electrons. The zero-order valence-corrected chi connectivity index (χ0v) is 11.1. The third kappa shape index (κ3) is 2.32. The van der Waals surface area contributed by atoms with Gasteiger partial charge in [-0.25, -0.2) is 13.1 Å². The molecule has 0 atom stereocenters. The van der Waals surface area contributed by atoms with Gasteiger partial charge in [-0.2, -0.15) is 0 Å². The van der Waals surface area contributed by atoms with Gasteiger partial charge in [0.05, 0.1) is 16.5 Å². The number of hydrogen-bond acceptors (Lipinski definition) is 3. The molecule has 0 aliphatic heterocycles. The first kappa shape index (κ1) is 12.5. The first-order valence-corrected chi connectivity index (χ1v) is 6.48. The van der Waals surface area contributed by atoms with Crippen molar-refractivity contribution in [2.45, 2.75) is 11.8 Å². The minimum atomic E-state index is -3.43. The van der Waals surface area contributed by atoms with Crippen molar-refractivity contribution < 1.29 is 13.2 Å². The maximum Gasteiger partial charge on any atom is 0.240 e. The number of nitrogens with one attached hydrogen (secondary N) is 1. The molecule has 0 aromatic heterocycles. The first-order valence-electron chi connectivity index (χ1n) is 4.20. The molecule has 84 valence electrons. The lowest BCUT2D eigenvalue weighted by Crippen LogP contribution is -2.19. The predicted octanol–water partition coefficient (Wildman–Crippen LogP) is 1.67. The van der Waals surface area contributed by atoms with E-state index in [1.54, 1.807) is 13.0 Å². The van der Waals surface area contributed by atoms with Gasteiger partial charge in [0.25, 0.3) is 0 Å². The molecule has 1 aromatic rings. The lowest BCUT2D eigenvalue weighted by atomic mass is 10.2. The molecule has 6 heteroatoms. The molecule has 0 saturated carbocycles. The SMILES string of the molecule is CNS(=O)(=O)c1ccc(Br)c(OC)c1C. The first-order chi connectivity index (χ1) is 6.94. The smallest absolute Gasteiger partial charge is 0.240 e. The van der Waals surface area contributed by atoms with Crippen LogP contribution in [0.1, 0.15) is 5.56 Å². The molecule has 15 heavy (non-hydrogen) atoms. The van der Waals surface area contributed by atoms with Crippen LogP contribution in [0.3, 0.4) is 0 Å². The van der Waals surface area contributed by atoms with E-state index < -0.39 is 10.0 Å². The predicted molar refractivity (Wildman–Crippen MR) is 61.7 cm³/mol. The van der Waals surface area contributed by atoms with Gasteiger partial charge in [-0.15, -0.1) is 0 Å². The van der Waals surface area contributed by atoms with Gasteiger partial charge < -0.3 is 4.74 Å². The maximum atomic E-state index is 11.6. The maximum absolute atomic E-state index is 11.6. The quantitative estimate of drug-likeness (QED) is 0.922. The van der Waals surface area contributed by atoms with Crippen LogP contribution in [0.4, 0.5) is 0 Å². The fourth-order valence-corrected chi connectivity index (χ4v) is 2.85. The van der Waals surface area contributed by atoms with Crippen molar-refractivity contribution in [3.05, 3.63) is 22.2 Å². The molecule has 1 rings (SSSR count). The Bertz CT molecular complexity index is 470. The molecular formula is C9H12BrNO3S. The monoisotopic (exact) mass is 293 g/mol. The number of benzene rings is 1. The molecule has 1 N–H and O–H groups in total. The van der Waals surface area contributed by atoms with Crippen LogP contribution in [0.5, 0.6) is 5.75 Å². The summed E-state index contributed by atoms with van der Waals surface area (Å²) >= 11 is 3.29. The summed E-state index contributed by atoms with van der Waals surface area (Å²) in [6.45, 7) is 1.70. The normalized spacial score (nSPS) is 11.5. The molecule has 0 heterocycles. The van der Waals surface area contributed by atoms with Gasteiger partial charge in [0, 0.05) is 5.56 Å². The summed E-state index contributed by atoms with van der Waals surface area (Å²) in [6.07, 6.45) is 0. The Morgan fingerprint density at radius 3 is 2.47 bits per heavy atom. The zero-order chi connectivity index (χ0) is 11.6. The third-order valence-electron chi connectivity index (χ3n) is 2.07. The number of ether oxygens (including phenoxy) is 1. The highest BCUT2D eigenvalue weighted by atomic mass is 79.9. The summed E-state index contributed by atoms with van der Waals surface area (Å²) in [5.41, 5.74) is 0.584. The van der Waals surface area contributed by atoms with Crippen LogP contribution in [0, 0.1) is 6.92 Å². The average molecular weight is 294 g/mol. The van der Waals surface area contributed by atoms with Gasteiger partial charge in [0.2, 0.25) is 10.0 Å². The summed E-state index contributed by atoms with van der Waals surface area (Å²) in [4.78, 5) is 0.227. The Balaban J connectivity index is 3.48. The van der Waals surface area contributed by atoms with Crippen molar-refractivity contribution in [2.75, 3.05) is 14.2 Å². The standard InChI is InChI=1S/C9H12BrNO3S/c1-6-8(15(12,13)11-2)5-4-7(10)9(6)14-3/h4-5,11H,1-3H3. The van der Waals surface area contributed by atoms with Crippen molar-refractivity contribution in [1.82, 2.24) is 4.72 Å². The Kier molecular flexibility index (Phi) is 3.75. The van der Waals surface area contributed by atoms with E-state index in [9.17, 15) is 8.42 Å². The van der Waals surface area contributed by atoms with E-state index in [1.165, 1.54) is 20.2 Å². The van der Waals surface area contributed by atoms with Crippen LogP contribution in [-0.2, 0) is 10.0 Å². The molecule has 0 aliphatic rings. The Morgan fingerprint density at radius 2 is 2.00 bits per heavy atom. The second kappa shape index (κ2) is 4.51. The summed E-state index contributed by atoms with van der Waals surface area (Å²) in [7, 11) is -0.548. The van der Waals surface area contributed by atoms with Gasteiger partial charge >= 0.3 is 0 Å². The second-order valence-corrected chi connectivity index (χ2v) is 5.62. The lowest BCUT2D eigenvalue weighted by molar-refractivity contribution is 0.407. The number of halogens is 1. The van der Waals surface area contributed by atoms with Gasteiger partial charge in [0.1, 0.15) is 5.75 Å². The highest BCUT2D eigenvalue weighted by Crippen LogP contribution is 2.32. The number of rotatable bonds is 3. The Hall–Kier alpha value is -0.590. The third-order valence-corrected chi connectivity index (χ3v) is 4.25. The van der Waals surface area contributed by atoms with E-state index in [-0.39, 0.29) is 4.90 Å². The highest BCUT2D eigenvalue weighted by Gasteiger charge is 2.18. The number of methoxy groups -OCH3 is 1. The molecular weight excluding hydrogens is 282 g/mol. The van der Waals surface area contributed by atoms with Crippen LogP contribution in [0.15, 0.2) is 21.5 Å². The van der Waals surface area contributed by atoms with Crippen LogP contribution in [0.25, 0.3) is 0 Å². The van der Waals surface area contributed by atoms with E-state index in [1.807, 2.05) is 0 Å². The van der Waals surface area contributed by atoms with Gasteiger partial charge in [-0.3, -0.25) is 0 Å².